The van der Waals surface area contributed by atoms with Crippen molar-refractivity contribution in [2.45, 2.75) is 4.90 Å². The standard InChI is InChI=1S/C12H19FN4O2S/c13-11-9-10(20(15,18)19)1-2-12(11)17-7-5-16(4-3-14)6-8-17/h1-2,9H,3-8,14H2,(H2,15,18,19). The van der Waals surface area contributed by atoms with Crippen LogP contribution in [0.4, 0.5) is 10.1 Å². The van der Waals surface area contributed by atoms with Gasteiger partial charge in [-0.15, -0.1) is 0 Å². The van der Waals surface area contributed by atoms with E-state index in [9.17, 15) is 12.8 Å². The molecule has 1 aromatic carbocycles. The summed E-state index contributed by atoms with van der Waals surface area (Å²) in [6, 6.07) is 3.77. The molecule has 8 heteroatoms. The van der Waals surface area contributed by atoms with E-state index < -0.39 is 15.8 Å². The van der Waals surface area contributed by atoms with Gasteiger partial charge in [0, 0.05) is 39.3 Å². The number of anilines is 1. The van der Waals surface area contributed by atoms with Crippen LogP contribution in [0.25, 0.3) is 0 Å². The van der Waals surface area contributed by atoms with Gasteiger partial charge in [-0.25, -0.2) is 17.9 Å². The van der Waals surface area contributed by atoms with Crippen molar-refractivity contribution in [1.29, 1.82) is 0 Å². The van der Waals surface area contributed by atoms with Gasteiger partial charge in [0.05, 0.1) is 10.6 Å². The van der Waals surface area contributed by atoms with Gasteiger partial charge in [0.15, 0.2) is 0 Å². The number of benzene rings is 1. The van der Waals surface area contributed by atoms with Gasteiger partial charge in [-0.1, -0.05) is 0 Å². The van der Waals surface area contributed by atoms with Crippen molar-refractivity contribution < 1.29 is 12.8 Å². The molecule has 1 aliphatic heterocycles. The number of primary sulfonamides is 1. The first-order valence-electron chi connectivity index (χ1n) is 6.41. The number of hydrogen-bond acceptors (Lipinski definition) is 5. The van der Waals surface area contributed by atoms with Crippen molar-refractivity contribution in [3.05, 3.63) is 24.0 Å². The van der Waals surface area contributed by atoms with Gasteiger partial charge in [-0.3, -0.25) is 4.90 Å². The van der Waals surface area contributed by atoms with Crippen molar-refractivity contribution in [1.82, 2.24) is 4.90 Å². The quantitative estimate of drug-likeness (QED) is 0.786. The van der Waals surface area contributed by atoms with E-state index in [0.717, 1.165) is 25.7 Å². The number of rotatable bonds is 4. The number of nitrogens with zero attached hydrogens (tertiary/aromatic N) is 2. The predicted octanol–water partition coefficient (Wildman–Crippen LogP) is -0.446. The van der Waals surface area contributed by atoms with Gasteiger partial charge in [-0.2, -0.15) is 0 Å². The van der Waals surface area contributed by atoms with Gasteiger partial charge < -0.3 is 10.6 Å². The van der Waals surface area contributed by atoms with Crippen molar-refractivity contribution in [2.75, 3.05) is 44.2 Å². The van der Waals surface area contributed by atoms with Crippen LogP contribution in [0.1, 0.15) is 0 Å². The summed E-state index contributed by atoms with van der Waals surface area (Å²) >= 11 is 0. The summed E-state index contributed by atoms with van der Waals surface area (Å²) in [5.41, 5.74) is 5.91. The maximum atomic E-state index is 14.0. The van der Waals surface area contributed by atoms with E-state index in [1.807, 2.05) is 4.90 Å². The van der Waals surface area contributed by atoms with Crippen LogP contribution in [-0.2, 0) is 10.0 Å². The van der Waals surface area contributed by atoms with Crippen LogP contribution < -0.4 is 15.8 Å². The van der Waals surface area contributed by atoms with Crippen LogP contribution >= 0.6 is 0 Å². The lowest BCUT2D eigenvalue weighted by Crippen LogP contribution is -2.48. The maximum absolute atomic E-state index is 14.0. The molecule has 0 bridgehead atoms. The third-order valence-electron chi connectivity index (χ3n) is 3.41. The first-order valence-corrected chi connectivity index (χ1v) is 7.96. The Labute approximate surface area is 118 Å². The van der Waals surface area contributed by atoms with E-state index in [2.05, 4.69) is 4.90 Å². The summed E-state index contributed by atoms with van der Waals surface area (Å²) in [5, 5.41) is 4.98. The minimum absolute atomic E-state index is 0.208. The predicted molar refractivity (Wildman–Crippen MR) is 75.5 cm³/mol. The van der Waals surface area contributed by atoms with Gasteiger partial charge in [0.2, 0.25) is 10.0 Å². The molecule has 1 fully saturated rings. The third kappa shape index (κ3) is 3.45. The number of piperazine rings is 1. The van der Waals surface area contributed by atoms with Crippen LogP contribution in [0.3, 0.4) is 0 Å². The Balaban J connectivity index is 2.11. The van der Waals surface area contributed by atoms with Crippen LogP contribution in [0.2, 0.25) is 0 Å². The van der Waals surface area contributed by atoms with E-state index in [4.69, 9.17) is 10.9 Å². The fourth-order valence-corrected chi connectivity index (χ4v) is 2.84. The lowest BCUT2D eigenvalue weighted by atomic mass is 10.2. The third-order valence-corrected chi connectivity index (χ3v) is 4.32. The molecule has 1 heterocycles. The molecule has 0 atom stereocenters. The minimum Gasteiger partial charge on any atom is -0.367 e. The molecule has 112 valence electrons. The molecule has 0 radical (unpaired) electrons. The van der Waals surface area contributed by atoms with Crippen molar-refractivity contribution in [3.8, 4) is 0 Å². The molecule has 0 saturated carbocycles. The van der Waals surface area contributed by atoms with E-state index >= 15 is 0 Å². The second-order valence-corrected chi connectivity index (χ2v) is 6.34. The zero-order valence-corrected chi connectivity index (χ0v) is 11.9. The molecule has 0 unspecified atom stereocenters. The molecule has 20 heavy (non-hydrogen) atoms. The molecular weight excluding hydrogens is 283 g/mol. The fourth-order valence-electron chi connectivity index (χ4n) is 2.32. The number of nitrogens with two attached hydrogens (primary N) is 2. The largest absolute Gasteiger partial charge is 0.367 e. The Kier molecular flexibility index (Phi) is 4.59. The van der Waals surface area contributed by atoms with Gasteiger partial charge in [-0.05, 0) is 18.2 Å². The smallest absolute Gasteiger partial charge is 0.238 e. The molecule has 0 spiro atoms. The summed E-state index contributed by atoms with van der Waals surface area (Å²) in [5.74, 6) is -0.566. The van der Waals surface area contributed by atoms with Crippen LogP contribution in [0.5, 0.6) is 0 Å². The number of hydrogen-bond donors (Lipinski definition) is 2. The second-order valence-electron chi connectivity index (χ2n) is 4.78. The van der Waals surface area contributed by atoms with E-state index in [1.54, 1.807) is 0 Å². The zero-order valence-electron chi connectivity index (χ0n) is 11.1. The highest BCUT2D eigenvalue weighted by Gasteiger charge is 2.20. The fraction of sp³-hybridized carbons (Fsp3) is 0.500. The maximum Gasteiger partial charge on any atom is 0.238 e. The normalized spacial score (nSPS) is 17.4. The lowest BCUT2D eigenvalue weighted by molar-refractivity contribution is 0.264. The molecule has 1 saturated heterocycles. The van der Waals surface area contributed by atoms with Gasteiger partial charge in [0.1, 0.15) is 5.82 Å². The highest BCUT2D eigenvalue weighted by molar-refractivity contribution is 7.89. The van der Waals surface area contributed by atoms with E-state index in [-0.39, 0.29) is 4.90 Å². The second kappa shape index (κ2) is 6.04. The van der Waals surface area contributed by atoms with E-state index in [0.29, 0.717) is 25.3 Å². The summed E-state index contributed by atoms with van der Waals surface area (Å²) in [4.78, 5) is 3.91. The first kappa shape index (κ1) is 15.2. The van der Waals surface area contributed by atoms with Crippen LogP contribution in [-0.4, -0.2) is 52.6 Å². The molecule has 4 N–H and O–H groups in total. The Bertz CT molecular complexity index is 571. The molecule has 0 aromatic heterocycles. The first-order chi connectivity index (χ1) is 9.41. The van der Waals surface area contributed by atoms with Crippen molar-refractivity contribution >= 4 is 15.7 Å². The average molecular weight is 302 g/mol. The molecule has 0 amide bonds. The van der Waals surface area contributed by atoms with Crippen molar-refractivity contribution in [3.63, 3.8) is 0 Å². The Hall–Kier alpha value is -1.22. The number of sulfonamides is 1. The Morgan fingerprint density at radius 1 is 1.20 bits per heavy atom. The average Bonchev–Trinajstić information content (AvgIpc) is 2.39. The summed E-state index contributed by atoms with van der Waals surface area (Å²) in [6.07, 6.45) is 0. The van der Waals surface area contributed by atoms with Gasteiger partial charge in [0.25, 0.3) is 0 Å². The summed E-state index contributed by atoms with van der Waals surface area (Å²) in [6.45, 7) is 4.44. The summed E-state index contributed by atoms with van der Waals surface area (Å²) in [7, 11) is -3.87. The topological polar surface area (TPSA) is 92.7 Å². The lowest BCUT2D eigenvalue weighted by Gasteiger charge is -2.36. The van der Waals surface area contributed by atoms with E-state index in [1.165, 1.54) is 12.1 Å². The minimum atomic E-state index is -3.87. The Morgan fingerprint density at radius 2 is 1.85 bits per heavy atom. The molecule has 1 aromatic rings. The molecule has 2 rings (SSSR count). The van der Waals surface area contributed by atoms with Crippen LogP contribution in [0.15, 0.2) is 23.1 Å². The molecule has 0 aliphatic carbocycles. The molecule has 1 aliphatic rings. The summed E-state index contributed by atoms with van der Waals surface area (Å²) < 4.78 is 36.3. The Morgan fingerprint density at radius 3 is 2.35 bits per heavy atom. The highest BCUT2D eigenvalue weighted by Crippen LogP contribution is 2.23. The molecule has 6 nitrogen and oxygen atoms in total. The van der Waals surface area contributed by atoms with Crippen LogP contribution in [0, 0.1) is 5.82 Å². The zero-order chi connectivity index (χ0) is 14.8. The molecular formula is C12H19FN4O2S. The monoisotopic (exact) mass is 302 g/mol. The van der Waals surface area contributed by atoms with Gasteiger partial charge >= 0.3 is 0 Å². The highest BCUT2D eigenvalue weighted by atomic mass is 32.2. The van der Waals surface area contributed by atoms with Crippen molar-refractivity contribution in [2.24, 2.45) is 10.9 Å². The SMILES string of the molecule is NCCN1CCN(c2ccc(S(N)(=O)=O)cc2F)CC1. The number of halogens is 1.